The van der Waals surface area contributed by atoms with Gasteiger partial charge < -0.3 is 5.32 Å². The molecule has 0 aliphatic carbocycles. The van der Waals surface area contributed by atoms with Crippen molar-refractivity contribution in [1.82, 2.24) is 0 Å². The van der Waals surface area contributed by atoms with Gasteiger partial charge in [0.25, 0.3) is 0 Å². The summed E-state index contributed by atoms with van der Waals surface area (Å²) in [5.74, 6) is -0.440. The summed E-state index contributed by atoms with van der Waals surface area (Å²) >= 11 is 1.38. The first-order valence-electron chi connectivity index (χ1n) is 5.03. The number of carbonyl (C=O) groups excluding carboxylic acids is 1. The van der Waals surface area contributed by atoms with E-state index in [1.54, 1.807) is 24.3 Å². The Balaban J connectivity index is 1.99. The summed E-state index contributed by atoms with van der Waals surface area (Å²) in [5.41, 5.74) is 0.350. The summed E-state index contributed by atoms with van der Waals surface area (Å²) in [6.45, 7) is 0. The van der Waals surface area contributed by atoms with Crippen LogP contribution in [0.5, 0.6) is 0 Å². The number of ketones is 1. The molecular formula is C13H10FNOS. The van der Waals surface area contributed by atoms with E-state index in [0.717, 1.165) is 0 Å². The van der Waals surface area contributed by atoms with Crippen molar-refractivity contribution in [3.8, 4) is 0 Å². The standard InChI is InChI=1S/C13H10FNOS/c14-10-4-1-2-5-11(10)15-8-7-12(16)13-6-3-9-17-13/h1-9,15H. The van der Waals surface area contributed by atoms with Gasteiger partial charge in [0.2, 0.25) is 0 Å². The summed E-state index contributed by atoms with van der Waals surface area (Å²) in [5, 5.41) is 4.57. The van der Waals surface area contributed by atoms with Crippen molar-refractivity contribution < 1.29 is 9.18 Å². The highest BCUT2D eigenvalue weighted by molar-refractivity contribution is 7.12. The maximum atomic E-state index is 13.2. The molecule has 0 amide bonds. The van der Waals surface area contributed by atoms with E-state index in [1.165, 1.54) is 29.7 Å². The fraction of sp³-hybridized carbons (Fsp3) is 0. The molecule has 2 rings (SSSR count). The minimum Gasteiger partial charge on any atom is -0.359 e. The van der Waals surface area contributed by atoms with Crippen LogP contribution in [0.25, 0.3) is 0 Å². The lowest BCUT2D eigenvalue weighted by Crippen LogP contribution is -1.94. The Hall–Kier alpha value is -1.94. The van der Waals surface area contributed by atoms with E-state index in [0.29, 0.717) is 10.6 Å². The number of allylic oxidation sites excluding steroid dienone is 1. The third-order valence-corrected chi connectivity index (χ3v) is 3.00. The van der Waals surface area contributed by atoms with E-state index in [4.69, 9.17) is 0 Å². The average molecular weight is 247 g/mol. The third-order valence-electron chi connectivity index (χ3n) is 2.11. The molecule has 0 aliphatic rings. The predicted octanol–water partition coefficient (Wildman–Crippen LogP) is 3.70. The zero-order valence-electron chi connectivity index (χ0n) is 8.89. The van der Waals surface area contributed by atoms with Crippen molar-refractivity contribution in [2.75, 3.05) is 5.32 Å². The maximum Gasteiger partial charge on any atom is 0.197 e. The molecule has 0 fully saturated rings. The lowest BCUT2D eigenvalue weighted by molar-refractivity contribution is 0.105. The number of anilines is 1. The number of hydrogen-bond acceptors (Lipinski definition) is 3. The van der Waals surface area contributed by atoms with Crippen molar-refractivity contribution >= 4 is 22.8 Å². The van der Waals surface area contributed by atoms with E-state index in [2.05, 4.69) is 5.32 Å². The minimum atomic E-state index is -0.347. The van der Waals surface area contributed by atoms with Crippen molar-refractivity contribution in [2.45, 2.75) is 0 Å². The molecule has 0 bridgehead atoms. The number of halogens is 1. The number of para-hydroxylation sites is 1. The second kappa shape index (κ2) is 5.41. The molecule has 1 N–H and O–H groups in total. The van der Waals surface area contributed by atoms with Gasteiger partial charge in [0.15, 0.2) is 5.78 Å². The van der Waals surface area contributed by atoms with Gasteiger partial charge in [-0.1, -0.05) is 18.2 Å². The van der Waals surface area contributed by atoms with Gasteiger partial charge in [-0.05, 0) is 23.6 Å². The second-order valence-corrected chi connectivity index (χ2v) is 4.25. The molecule has 1 aromatic heterocycles. The van der Waals surface area contributed by atoms with Gasteiger partial charge in [0.1, 0.15) is 5.82 Å². The van der Waals surface area contributed by atoms with Gasteiger partial charge in [-0.2, -0.15) is 0 Å². The summed E-state index contributed by atoms with van der Waals surface area (Å²) in [6, 6.07) is 9.87. The molecule has 0 unspecified atom stereocenters. The molecule has 0 atom stereocenters. The number of nitrogens with one attached hydrogen (secondary N) is 1. The van der Waals surface area contributed by atoms with Crippen LogP contribution in [0, 0.1) is 5.82 Å². The Morgan fingerprint density at radius 1 is 1.24 bits per heavy atom. The maximum absolute atomic E-state index is 13.2. The molecule has 2 nitrogen and oxygen atoms in total. The Kier molecular flexibility index (Phi) is 3.67. The number of hydrogen-bond donors (Lipinski definition) is 1. The van der Waals surface area contributed by atoms with Crippen LogP contribution in [0.4, 0.5) is 10.1 Å². The molecule has 0 saturated heterocycles. The summed E-state index contributed by atoms with van der Waals surface area (Å²) < 4.78 is 13.2. The summed E-state index contributed by atoms with van der Waals surface area (Å²) in [7, 11) is 0. The number of benzene rings is 1. The molecule has 0 aliphatic heterocycles. The lowest BCUT2D eigenvalue weighted by Gasteiger charge is -2.00. The zero-order chi connectivity index (χ0) is 12.1. The summed E-state index contributed by atoms with van der Waals surface area (Å²) in [6.07, 6.45) is 2.83. The van der Waals surface area contributed by atoms with E-state index in [1.807, 2.05) is 11.4 Å². The second-order valence-electron chi connectivity index (χ2n) is 3.30. The first-order chi connectivity index (χ1) is 8.27. The highest BCUT2D eigenvalue weighted by Gasteiger charge is 2.01. The molecule has 17 heavy (non-hydrogen) atoms. The smallest absolute Gasteiger partial charge is 0.197 e. The van der Waals surface area contributed by atoms with Gasteiger partial charge >= 0.3 is 0 Å². The minimum absolute atomic E-state index is 0.0937. The van der Waals surface area contributed by atoms with Crippen molar-refractivity contribution in [3.63, 3.8) is 0 Å². The predicted molar refractivity (Wildman–Crippen MR) is 67.8 cm³/mol. The number of carbonyl (C=O) groups is 1. The molecule has 2 aromatic rings. The molecule has 1 heterocycles. The van der Waals surface area contributed by atoms with Crippen molar-refractivity contribution in [2.24, 2.45) is 0 Å². The Labute approximate surface area is 102 Å². The van der Waals surface area contributed by atoms with Crippen LogP contribution >= 0.6 is 11.3 Å². The van der Waals surface area contributed by atoms with Crippen LogP contribution in [0.1, 0.15) is 9.67 Å². The van der Waals surface area contributed by atoms with E-state index < -0.39 is 0 Å². The highest BCUT2D eigenvalue weighted by Crippen LogP contribution is 2.13. The van der Waals surface area contributed by atoms with Crippen LogP contribution in [0.2, 0.25) is 0 Å². The first kappa shape index (κ1) is 11.5. The Morgan fingerprint density at radius 3 is 2.76 bits per heavy atom. The Morgan fingerprint density at radius 2 is 2.06 bits per heavy atom. The van der Waals surface area contributed by atoms with E-state index in [-0.39, 0.29) is 11.6 Å². The van der Waals surface area contributed by atoms with Gasteiger partial charge in [-0.15, -0.1) is 11.3 Å². The normalized spacial score (nSPS) is 10.6. The third kappa shape index (κ3) is 3.01. The molecular weight excluding hydrogens is 237 g/mol. The van der Waals surface area contributed by atoms with Crippen LogP contribution < -0.4 is 5.32 Å². The number of rotatable bonds is 4. The van der Waals surface area contributed by atoms with Crippen LogP contribution in [0.15, 0.2) is 54.1 Å². The largest absolute Gasteiger partial charge is 0.359 e. The van der Waals surface area contributed by atoms with Gasteiger partial charge in [0, 0.05) is 12.3 Å². The quantitative estimate of drug-likeness (QED) is 0.659. The molecule has 1 aromatic carbocycles. The fourth-order valence-electron chi connectivity index (χ4n) is 1.29. The molecule has 0 spiro atoms. The van der Waals surface area contributed by atoms with Gasteiger partial charge in [0.05, 0.1) is 10.6 Å². The average Bonchev–Trinajstić information content (AvgIpc) is 2.85. The SMILES string of the molecule is O=C(C=CNc1ccccc1F)c1cccs1. The molecule has 0 radical (unpaired) electrons. The van der Waals surface area contributed by atoms with E-state index in [9.17, 15) is 9.18 Å². The summed E-state index contributed by atoms with van der Waals surface area (Å²) in [4.78, 5) is 12.2. The topological polar surface area (TPSA) is 29.1 Å². The molecule has 86 valence electrons. The number of thiophene rings is 1. The molecule has 0 saturated carbocycles. The van der Waals surface area contributed by atoms with Crippen LogP contribution in [-0.2, 0) is 0 Å². The van der Waals surface area contributed by atoms with Gasteiger partial charge in [-0.25, -0.2) is 4.39 Å². The fourth-order valence-corrected chi connectivity index (χ4v) is 1.93. The van der Waals surface area contributed by atoms with Crippen LogP contribution in [-0.4, -0.2) is 5.78 Å². The van der Waals surface area contributed by atoms with Crippen molar-refractivity contribution in [3.05, 3.63) is 64.7 Å². The monoisotopic (exact) mass is 247 g/mol. The first-order valence-corrected chi connectivity index (χ1v) is 5.91. The van der Waals surface area contributed by atoms with Gasteiger partial charge in [-0.3, -0.25) is 4.79 Å². The zero-order valence-corrected chi connectivity index (χ0v) is 9.71. The molecule has 4 heteroatoms. The van der Waals surface area contributed by atoms with Crippen molar-refractivity contribution in [1.29, 1.82) is 0 Å². The van der Waals surface area contributed by atoms with Crippen LogP contribution in [0.3, 0.4) is 0 Å². The lowest BCUT2D eigenvalue weighted by atomic mass is 10.3. The van der Waals surface area contributed by atoms with E-state index >= 15 is 0 Å². The highest BCUT2D eigenvalue weighted by atomic mass is 32.1. The Bertz CT molecular complexity index is 534.